The molecule has 5 heteroatoms. The second-order valence-corrected chi connectivity index (χ2v) is 5.31. The van der Waals surface area contributed by atoms with Gasteiger partial charge in [0.15, 0.2) is 0 Å². The predicted molar refractivity (Wildman–Crippen MR) is 81.6 cm³/mol. The number of carboxylic acids is 1. The van der Waals surface area contributed by atoms with Gasteiger partial charge >= 0.3 is 5.97 Å². The molecule has 2 aromatic carbocycles. The molecule has 1 atom stereocenters. The molecule has 110 valence electrons. The molecule has 0 aliphatic carbocycles. The number of halogens is 2. The lowest BCUT2D eigenvalue weighted by Gasteiger charge is -2.17. The summed E-state index contributed by atoms with van der Waals surface area (Å²) in [6.07, 6.45) is 0.655. The number of carbonyl (C=O) groups is 1. The Morgan fingerprint density at radius 3 is 2.57 bits per heavy atom. The van der Waals surface area contributed by atoms with E-state index in [1.807, 2.05) is 6.92 Å². The van der Waals surface area contributed by atoms with Crippen LogP contribution in [-0.2, 0) is 6.42 Å². The van der Waals surface area contributed by atoms with E-state index in [2.05, 4.69) is 5.32 Å². The van der Waals surface area contributed by atoms with Crippen LogP contribution in [0.3, 0.4) is 0 Å². The molecule has 0 saturated heterocycles. The minimum absolute atomic E-state index is 0.00487. The van der Waals surface area contributed by atoms with Crippen LogP contribution in [0.25, 0.3) is 0 Å². The summed E-state index contributed by atoms with van der Waals surface area (Å²) >= 11 is 5.82. The molecule has 0 aromatic heterocycles. The van der Waals surface area contributed by atoms with E-state index in [1.54, 1.807) is 24.3 Å². The first kappa shape index (κ1) is 15.3. The molecule has 0 radical (unpaired) electrons. The van der Waals surface area contributed by atoms with Crippen LogP contribution in [0.4, 0.5) is 10.1 Å². The Balaban J connectivity index is 2.10. The second kappa shape index (κ2) is 6.59. The summed E-state index contributed by atoms with van der Waals surface area (Å²) in [6.45, 7) is 1.93. The van der Waals surface area contributed by atoms with E-state index in [4.69, 9.17) is 11.6 Å². The monoisotopic (exact) mass is 307 g/mol. The lowest BCUT2D eigenvalue weighted by atomic mass is 10.1. The summed E-state index contributed by atoms with van der Waals surface area (Å²) in [7, 11) is 0. The highest BCUT2D eigenvalue weighted by atomic mass is 35.5. The highest BCUT2D eigenvalue weighted by Gasteiger charge is 2.13. The molecule has 0 heterocycles. The highest BCUT2D eigenvalue weighted by Crippen LogP contribution is 2.22. The first-order valence-electron chi connectivity index (χ1n) is 6.49. The van der Waals surface area contributed by atoms with Gasteiger partial charge in [-0.3, -0.25) is 0 Å². The van der Waals surface area contributed by atoms with Crippen molar-refractivity contribution < 1.29 is 14.3 Å². The van der Waals surface area contributed by atoms with Crippen molar-refractivity contribution in [3.8, 4) is 0 Å². The Kier molecular flexibility index (Phi) is 4.81. The molecule has 0 aliphatic heterocycles. The predicted octanol–water partition coefficient (Wildman–Crippen LogP) is 4.22. The third-order valence-corrected chi connectivity index (χ3v) is 3.30. The first-order valence-corrected chi connectivity index (χ1v) is 6.87. The number of rotatable bonds is 5. The Morgan fingerprint density at radius 1 is 1.29 bits per heavy atom. The number of benzene rings is 2. The topological polar surface area (TPSA) is 49.3 Å². The van der Waals surface area contributed by atoms with Crippen LogP contribution in [0, 0.1) is 5.82 Å². The van der Waals surface area contributed by atoms with Crippen molar-refractivity contribution in [1.29, 1.82) is 0 Å². The fourth-order valence-corrected chi connectivity index (χ4v) is 2.28. The molecule has 0 aliphatic rings. The summed E-state index contributed by atoms with van der Waals surface area (Å²) < 4.78 is 12.9. The summed E-state index contributed by atoms with van der Waals surface area (Å²) in [5.74, 6) is -1.31. The van der Waals surface area contributed by atoms with E-state index in [9.17, 15) is 14.3 Å². The van der Waals surface area contributed by atoms with E-state index in [-0.39, 0.29) is 17.4 Å². The zero-order chi connectivity index (χ0) is 15.4. The third kappa shape index (κ3) is 4.20. The molecule has 2 rings (SSSR count). The molecule has 21 heavy (non-hydrogen) atoms. The highest BCUT2D eigenvalue weighted by molar-refractivity contribution is 6.31. The first-order chi connectivity index (χ1) is 9.95. The van der Waals surface area contributed by atoms with E-state index in [0.717, 1.165) is 5.56 Å². The zero-order valence-corrected chi connectivity index (χ0v) is 12.2. The van der Waals surface area contributed by atoms with Gasteiger partial charge in [-0.1, -0.05) is 23.7 Å². The average Bonchev–Trinajstić information content (AvgIpc) is 2.43. The van der Waals surface area contributed by atoms with Gasteiger partial charge in [-0.15, -0.1) is 0 Å². The zero-order valence-electron chi connectivity index (χ0n) is 11.4. The van der Waals surface area contributed by atoms with E-state index in [1.165, 1.54) is 18.2 Å². The van der Waals surface area contributed by atoms with Crippen molar-refractivity contribution in [2.24, 2.45) is 0 Å². The van der Waals surface area contributed by atoms with Crippen LogP contribution < -0.4 is 5.32 Å². The second-order valence-electron chi connectivity index (χ2n) is 4.87. The van der Waals surface area contributed by atoms with E-state index >= 15 is 0 Å². The van der Waals surface area contributed by atoms with Crippen molar-refractivity contribution in [1.82, 2.24) is 0 Å². The lowest BCUT2D eigenvalue weighted by molar-refractivity contribution is 0.0698. The number of carboxylic acid groups (broad SMARTS) is 1. The molecule has 0 spiro atoms. The fraction of sp³-hybridized carbons (Fsp3) is 0.188. The maximum absolute atomic E-state index is 12.9. The molecule has 0 fully saturated rings. The van der Waals surface area contributed by atoms with Gasteiger partial charge in [0.05, 0.1) is 5.56 Å². The lowest BCUT2D eigenvalue weighted by Crippen LogP contribution is -2.20. The van der Waals surface area contributed by atoms with Gasteiger partial charge in [0.25, 0.3) is 0 Å². The summed E-state index contributed by atoms with van der Waals surface area (Å²) in [5.41, 5.74) is 1.62. The Morgan fingerprint density at radius 2 is 1.95 bits per heavy atom. The van der Waals surface area contributed by atoms with Crippen molar-refractivity contribution >= 4 is 23.3 Å². The van der Waals surface area contributed by atoms with Gasteiger partial charge < -0.3 is 10.4 Å². The molecule has 0 amide bonds. The summed E-state index contributed by atoms with van der Waals surface area (Å²) in [4.78, 5) is 11.2. The molecule has 2 aromatic rings. The summed E-state index contributed by atoms with van der Waals surface area (Å²) in [5, 5.41) is 12.7. The van der Waals surface area contributed by atoms with Crippen LogP contribution >= 0.6 is 11.6 Å². The molecular weight excluding hydrogens is 293 g/mol. The van der Waals surface area contributed by atoms with Crippen LogP contribution in [-0.4, -0.2) is 17.1 Å². The third-order valence-electron chi connectivity index (χ3n) is 3.07. The van der Waals surface area contributed by atoms with Crippen molar-refractivity contribution in [3.05, 3.63) is 64.4 Å². The van der Waals surface area contributed by atoms with Gasteiger partial charge in [0, 0.05) is 16.8 Å². The van der Waals surface area contributed by atoms with Crippen LogP contribution in [0.1, 0.15) is 22.8 Å². The Bertz CT molecular complexity index is 643. The minimum Gasteiger partial charge on any atom is -0.478 e. The standard InChI is InChI=1S/C16H15ClFNO2/c1-10(8-11-2-5-13(18)6-3-11)19-15-7-4-12(17)9-14(15)16(20)21/h2-7,9-10,19H,8H2,1H3,(H,20,21). The maximum Gasteiger partial charge on any atom is 0.337 e. The number of hydrogen-bond donors (Lipinski definition) is 2. The van der Waals surface area contributed by atoms with Gasteiger partial charge in [0.1, 0.15) is 5.82 Å². The van der Waals surface area contributed by atoms with Crippen LogP contribution in [0.5, 0.6) is 0 Å². The number of hydrogen-bond acceptors (Lipinski definition) is 2. The van der Waals surface area contributed by atoms with Gasteiger partial charge in [-0.2, -0.15) is 0 Å². The van der Waals surface area contributed by atoms with Crippen molar-refractivity contribution in [2.45, 2.75) is 19.4 Å². The quantitative estimate of drug-likeness (QED) is 0.869. The maximum atomic E-state index is 12.9. The Labute approximate surface area is 127 Å². The largest absolute Gasteiger partial charge is 0.478 e. The van der Waals surface area contributed by atoms with E-state index < -0.39 is 5.97 Å². The Hall–Kier alpha value is -2.07. The molecule has 2 N–H and O–H groups in total. The molecule has 3 nitrogen and oxygen atoms in total. The van der Waals surface area contributed by atoms with Crippen LogP contribution in [0.2, 0.25) is 5.02 Å². The SMILES string of the molecule is CC(Cc1ccc(F)cc1)Nc1ccc(Cl)cc1C(=O)O. The smallest absolute Gasteiger partial charge is 0.337 e. The normalized spacial score (nSPS) is 12.0. The van der Waals surface area contributed by atoms with Crippen LogP contribution in [0.15, 0.2) is 42.5 Å². The number of anilines is 1. The molecule has 1 unspecified atom stereocenters. The molecule has 0 saturated carbocycles. The minimum atomic E-state index is -1.03. The van der Waals surface area contributed by atoms with Gasteiger partial charge in [-0.25, -0.2) is 9.18 Å². The number of nitrogens with one attached hydrogen (secondary N) is 1. The van der Waals surface area contributed by atoms with Gasteiger partial charge in [-0.05, 0) is 49.2 Å². The van der Waals surface area contributed by atoms with Gasteiger partial charge in [0.2, 0.25) is 0 Å². The molecule has 0 bridgehead atoms. The van der Waals surface area contributed by atoms with Crippen molar-refractivity contribution in [3.63, 3.8) is 0 Å². The average molecular weight is 308 g/mol. The summed E-state index contributed by atoms with van der Waals surface area (Å²) in [6, 6.07) is 10.9. The fourth-order valence-electron chi connectivity index (χ4n) is 2.11. The number of aromatic carboxylic acids is 1. The van der Waals surface area contributed by atoms with E-state index in [0.29, 0.717) is 17.1 Å². The molecular formula is C16H15ClFNO2. The van der Waals surface area contributed by atoms with Crippen molar-refractivity contribution in [2.75, 3.05) is 5.32 Å².